The van der Waals surface area contributed by atoms with E-state index >= 15 is 0 Å². The summed E-state index contributed by atoms with van der Waals surface area (Å²) in [6.07, 6.45) is 0. The third-order valence-corrected chi connectivity index (χ3v) is 4.86. The zero-order chi connectivity index (χ0) is 16.8. The van der Waals surface area contributed by atoms with Crippen LogP contribution in [0.15, 0.2) is 23.1 Å². The highest BCUT2D eigenvalue weighted by atomic mass is 32.2. The molecule has 1 aromatic carbocycles. The normalized spacial score (nSPS) is 11.5. The quantitative estimate of drug-likeness (QED) is 0.669. The molecule has 0 aliphatic carbocycles. The molecule has 1 amide bonds. The molecule has 0 spiro atoms. The predicted molar refractivity (Wildman–Crippen MR) is 84.7 cm³/mol. The lowest BCUT2D eigenvalue weighted by atomic mass is 10.2. The van der Waals surface area contributed by atoms with Crippen LogP contribution in [0.3, 0.4) is 0 Å². The van der Waals surface area contributed by atoms with Crippen LogP contribution < -0.4 is 15.4 Å². The zero-order valence-corrected chi connectivity index (χ0v) is 14.2. The van der Waals surface area contributed by atoms with E-state index in [0.29, 0.717) is 13.1 Å². The number of amides is 1. The van der Waals surface area contributed by atoms with Crippen LogP contribution in [0.2, 0.25) is 0 Å². The summed E-state index contributed by atoms with van der Waals surface area (Å²) in [5.41, 5.74) is 0.276. The maximum atomic E-state index is 12.3. The number of nitrogens with one attached hydrogen (secondary N) is 2. The number of benzene rings is 1. The molecule has 0 bridgehead atoms. The van der Waals surface area contributed by atoms with Crippen molar-refractivity contribution >= 4 is 15.9 Å². The fourth-order valence-electron chi connectivity index (χ4n) is 1.76. The molecule has 1 aromatic rings. The van der Waals surface area contributed by atoms with Crippen molar-refractivity contribution in [3.05, 3.63) is 23.8 Å². The van der Waals surface area contributed by atoms with E-state index < -0.39 is 10.0 Å². The van der Waals surface area contributed by atoms with E-state index in [9.17, 15) is 13.2 Å². The van der Waals surface area contributed by atoms with Gasteiger partial charge in [0.1, 0.15) is 10.6 Å². The number of methoxy groups -OCH3 is 1. The number of rotatable bonds is 8. The third kappa shape index (κ3) is 4.43. The number of nitrogens with zero attached hydrogens (tertiary/aromatic N) is 1. The average molecular weight is 329 g/mol. The van der Waals surface area contributed by atoms with Gasteiger partial charge in [0.25, 0.3) is 5.91 Å². The van der Waals surface area contributed by atoms with Gasteiger partial charge in [0.05, 0.1) is 7.11 Å². The van der Waals surface area contributed by atoms with Gasteiger partial charge >= 0.3 is 0 Å². The van der Waals surface area contributed by atoms with E-state index in [1.807, 2.05) is 6.92 Å². The van der Waals surface area contributed by atoms with Gasteiger partial charge in [-0.25, -0.2) is 12.7 Å². The van der Waals surface area contributed by atoms with E-state index in [1.165, 1.54) is 39.4 Å². The van der Waals surface area contributed by atoms with Crippen LogP contribution in [0.1, 0.15) is 17.3 Å². The Kier molecular flexibility index (Phi) is 6.79. The maximum Gasteiger partial charge on any atom is 0.251 e. The van der Waals surface area contributed by atoms with Crippen LogP contribution in [0.5, 0.6) is 5.75 Å². The summed E-state index contributed by atoms with van der Waals surface area (Å²) < 4.78 is 30.7. The van der Waals surface area contributed by atoms with Crippen molar-refractivity contribution in [1.29, 1.82) is 0 Å². The molecule has 0 saturated carbocycles. The molecule has 0 aromatic heterocycles. The maximum absolute atomic E-state index is 12.3. The Labute approximate surface area is 131 Å². The van der Waals surface area contributed by atoms with Crippen molar-refractivity contribution in [3.8, 4) is 5.75 Å². The van der Waals surface area contributed by atoms with Crippen molar-refractivity contribution < 1.29 is 17.9 Å². The number of sulfonamides is 1. The molecule has 0 aliphatic rings. The van der Waals surface area contributed by atoms with Gasteiger partial charge in [0.2, 0.25) is 10.0 Å². The second-order valence-electron chi connectivity index (χ2n) is 4.76. The Morgan fingerprint density at radius 1 is 1.27 bits per heavy atom. The minimum Gasteiger partial charge on any atom is -0.495 e. The summed E-state index contributed by atoms with van der Waals surface area (Å²) in [5, 5.41) is 5.82. The molecule has 1 rings (SSSR count). The van der Waals surface area contributed by atoms with Gasteiger partial charge in [-0.1, -0.05) is 6.92 Å². The summed E-state index contributed by atoms with van der Waals surface area (Å²) >= 11 is 0. The minimum absolute atomic E-state index is 0.0284. The first-order valence-corrected chi connectivity index (χ1v) is 8.38. The molecule has 124 valence electrons. The Morgan fingerprint density at radius 3 is 2.50 bits per heavy atom. The average Bonchev–Trinajstić information content (AvgIpc) is 2.50. The molecule has 8 heteroatoms. The predicted octanol–water partition coefficient (Wildman–Crippen LogP) is 0.285. The molecule has 0 heterocycles. The number of ether oxygens (including phenoxy) is 1. The Balaban J connectivity index is 3.03. The van der Waals surface area contributed by atoms with Crippen LogP contribution in [-0.2, 0) is 10.0 Å². The first-order valence-electron chi connectivity index (χ1n) is 6.94. The second kappa shape index (κ2) is 8.11. The Morgan fingerprint density at radius 2 is 1.95 bits per heavy atom. The smallest absolute Gasteiger partial charge is 0.251 e. The van der Waals surface area contributed by atoms with Crippen molar-refractivity contribution in [3.63, 3.8) is 0 Å². The van der Waals surface area contributed by atoms with Gasteiger partial charge in [-0.2, -0.15) is 0 Å². The zero-order valence-electron chi connectivity index (χ0n) is 13.3. The molecule has 0 fully saturated rings. The summed E-state index contributed by atoms with van der Waals surface area (Å²) in [5.74, 6) is -0.117. The van der Waals surface area contributed by atoms with Crippen LogP contribution in [0.4, 0.5) is 0 Å². The number of carbonyl (C=O) groups excluding carboxylic acids is 1. The Bertz CT molecular complexity index is 615. The summed E-state index contributed by atoms with van der Waals surface area (Å²) in [6, 6.07) is 4.35. The van der Waals surface area contributed by atoms with E-state index in [2.05, 4.69) is 10.6 Å². The van der Waals surface area contributed by atoms with Gasteiger partial charge in [-0.3, -0.25) is 4.79 Å². The van der Waals surface area contributed by atoms with Crippen molar-refractivity contribution in [2.75, 3.05) is 40.8 Å². The highest BCUT2D eigenvalue weighted by molar-refractivity contribution is 7.89. The lowest BCUT2D eigenvalue weighted by molar-refractivity contribution is 0.0953. The summed E-state index contributed by atoms with van der Waals surface area (Å²) in [4.78, 5) is 12.0. The number of hydrogen-bond acceptors (Lipinski definition) is 5. The van der Waals surface area contributed by atoms with Gasteiger partial charge in [0.15, 0.2) is 0 Å². The molecule has 0 saturated heterocycles. The molecule has 2 N–H and O–H groups in total. The first-order chi connectivity index (χ1) is 10.3. The highest BCUT2D eigenvalue weighted by Gasteiger charge is 2.23. The summed E-state index contributed by atoms with van der Waals surface area (Å²) in [7, 11) is 0.557. The first kappa shape index (κ1) is 18.4. The molecule has 0 aliphatic heterocycles. The fourth-order valence-corrected chi connectivity index (χ4v) is 2.83. The molecule has 0 radical (unpaired) electrons. The topological polar surface area (TPSA) is 87.7 Å². The highest BCUT2D eigenvalue weighted by Crippen LogP contribution is 2.26. The molecule has 7 nitrogen and oxygen atoms in total. The van der Waals surface area contributed by atoms with Crippen molar-refractivity contribution in [1.82, 2.24) is 14.9 Å². The van der Waals surface area contributed by atoms with E-state index in [4.69, 9.17) is 4.74 Å². The number of hydrogen-bond donors (Lipinski definition) is 2. The van der Waals surface area contributed by atoms with Crippen LogP contribution in [0.25, 0.3) is 0 Å². The van der Waals surface area contributed by atoms with Crippen LogP contribution >= 0.6 is 0 Å². The van der Waals surface area contributed by atoms with Gasteiger partial charge in [-0.05, 0) is 24.7 Å². The van der Waals surface area contributed by atoms with E-state index in [1.54, 1.807) is 0 Å². The van der Waals surface area contributed by atoms with Gasteiger partial charge < -0.3 is 15.4 Å². The number of likely N-dealkylation sites (N-methyl/N-ethyl adjacent to an activating group) is 1. The van der Waals surface area contributed by atoms with Crippen molar-refractivity contribution in [2.24, 2.45) is 0 Å². The minimum atomic E-state index is -3.69. The Hall–Kier alpha value is -1.64. The van der Waals surface area contributed by atoms with E-state index in [-0.39, 0.29) is 22.1 Å². The fraction of sp³-hybridized carbons (Fsp3) is 0.500. The van der Waals surface area contributed by atoms with Crippen molar-refractivity contribution in [2.45, 2.75) is 11.8 Å². The monoisotopic (exact) mass is 329 g/mol. The van der Waals surface area contributed by atoms with Gasteiger partial charge in [-0.15, -0.1) is 0 Å². The molecular weight excluding hydrogens is 306 g/mol. The lowest BCUT2D eigenvalue weighted by Gasteiger charge is -2.15. The summed E-state index contributed by atoms with van der Waals surface area (Å²) in [6.45, 7) is 3.92. The lowest BCUT2D eigenvalue weighted by Crippen LogP contribution is -2.32. The molecule has 0 atom stereocenters. The molecule has 22 heavy (non-hydrogen) atoms. The molecule has 0 unspecified atom stereocenters. The van der Waals surface area contributed by atoms with E-state index in [0.717, 1.165) is 10.8 Å². The second-order valence-corrected chi connectivity index (χ2v) is 6.88. The molecular formula is C14H23N3O4S. The SMILES string of the molecule is CCNCCNC(=O)c1ccc(OC)c(S(=O)(=O)N(C)C)c1. The van der Waals surface area contributed by atoms with Crippen LogP contribution in [-0.4, -0.2) is 59.5 Å². The van der Waals surface area contributed by atoms with Gasteiger partial charge in [0, 0.05) is 32.7 Å². The number of carbonyl (C=O) groups is 1. The van der Waals surface area contributed by atoms with Crippen LogP contribution in [0, 0.1) is 0 Å². The largest absolute Gasteiger partial charge is 0.495 e. The standard InChI is InChI=1S/C14H23N3O4S/c1-5-15-8-9-16-14(18)11-6-7-12(21-4)13(10-11)22(19,20)17(2)3/h6-7,10,15H,5,8-9H2,1-4H3,(H,16,18). The third-order valence-electron chi connectivity index (χ3n) is 3.02.